The summed E-state index contributed by atoms with van der Waals surface area (Å²) in [5, 5.41) is 10.7. The Bertz CT molecular complexity index is 385. The first-order valence-corrected chi connectivity index (χ1v) is 8.82. The number of unbranched alkanes of at least 4 members (excludes halogenated alkanes) is 3. The highest BCUT2D eigenvalue weighted by Gasteiger charge is 2.20. The first-order chi connectivity index (χ1) is 9.19. The Labute approximate surface area is 121 Å². The Hall–Kier alpha value is -0.660. The molecule has 0 fully saturated rings. The van der Waals surface area contributed by atoms with Crippen LogP contribution in [0.4, 0.5) is 0 Å². The van der Waals surface area contributed by atoms with Crippen LogP contribution in [0.3, 0.4) is 0 Å². The minimum absolute atomic E-state index is 0.228. The van der Waals surface area contributed by atoms with Crippen LogP contribution in [0.5, 0.6) is 0 Å². The molecule has 1 unspecified atom stereocenters. The van der Waals surface area contributed by atoms with Crippen molar-refractivity contribution >= 4 is 28.4 Å². The Kier molecular flexibility index (Phi) is 8.00. The van der Waals surface area contributed by atoms with Gasteiger partial charge in [-0.15, -0.1) is 5.10 Å². The van der Waals surface area contributed by atoms with Gasteiger partial charge in [-0.3, -0.25) is 4.79 Å². The third kappa shape index (κ3) is 5.88. The number of rotatable bonds is 9. The molecule has 1 rings (SSSR count). The van der Waals surface area contributed by atoms with E-state index in [1.807, 2.05) is 6.92 Å². The number of amides is 1. The summed E-state index contributed by atoms with van der Waals surface area (Å²) in [6.45, 7) is 4.74. The minimum atomic E-state index is -1.12. The van der Waals surface area contributed by atoms with E-state index in [1.165, 1.54) is 0 Å². The van der Waals surface area contributed by atoms with Crippen LogP contribution in [0.2, 0.25) is 0 Å². The lowest BCUT2D eigenvalue weighted by Gasteiger charge is -2.05. The Balaban J connectivity index is 2.42. The zero-order valence-electron chi connectivity index (χ0n) is 11.5. The van der Waals surface area contributed by atoms with Crippen LogP contribution in [-0.2, 0) is 11.2 Å². The van der Waals surface area contributed by atoms with Gasteiger partial charge in [-0.1, -0.05) is 31.8 Å². The van der Waals surface area contributed by atoms with Crippen LogP contribution in [0.25, 0.3) is 0 Å². The van der Waals surface area contributed by atoms with Gasteiger partial charge in [-0.2, -0.15) is 0 Å². The molecule has 1 aromatic rings. The monoisotopic (exact) mass is 303 g/mol. The maximum absolute atomic E-state index is 11.9. The smallest absolute Gasteiger partial charge is 0.322 e. The molecular weight excluding hydrogens is 282 g/mol. The normalized spacial score (nSPS) is 12.4. The van der Waals surface area contributed by atoms with Crippen molar-refractivity contribution in [3.8, 4) is 0 Å². The molecule has 0 spiro atoms. The summed E-state index contributed by atoms with van der Waals surface area (Å²) in [7, 11) is 0. The van der Waals surface area contributed by atoms with Crippen molar-refractivity contribution in [2.75, 3.05) is 12.3 Å². The van der Waals surface area contributed by atoms with Gasteiger partial charge >= 0.3 is 4.34 Å². The molecule has 1 aromatic heterocycles. The summed E-state index contributed by atoms with van der Waals surface area (Å²) in [5.74, 6) is 0.374. The highest BCUT2D eigenvalue weighted by Crippen LogP contribution is 2.18. The van der Waals surface area contributed by atoms with Gasteiger partial charge in [0.2, 0.25) is 5.01 Å². The fourth-order valence-electron chi connectivity index (χ4n) is 1.45. The van der Waals surface area contributed by atoms with Gasteiger partial charge in [0.1, 0.15) is 5.75 Å². The minimum Gasteiger partial charge on any atom is -0.610 e. The number of hydrogen-bond donors (Lipinski definition) is 1. The molecule has 0 aromatic carbocycles. The third-order valence-corrected chi connectivity index (χ3v) is 5.17. The number of nitrogens with one attached hydrogen (secondary N) is 1. The molecule has 1 atom stereocenters. The van der Waals surface area contributed by atoms with E-state index >= 15 is 0 Å². The van der Waals surface area contributed by atoms with Crippen molar-refractivity contribution in [3.05, 3.63) is 5.01 Å². The second kappa shape index (κ2) is 9.28. The summed E-state index contributed by atoms with van der Waals surface area (Å²) in [6.07, 6.45) is 5.22. The Morgan fingerprint density at radius 2 is 2.05 bits per heavy atom. The molecule has 0 radical (unpaired) electrons. The fraction of sp³-hybridized carbons (Fsp3) is 0.750. The Morgan fingerprint density at radius 3 is 2.74 bits per heavy atom. The lowest BCUT2D eigenvalue weighted by Crippen LogP contribution is -2.23. The second-order valence-corrected chi connectivity index (χ2v) is 6.96. The topological polar surface area (TPSA) is 77.9 Å². The molecule has 0 saturated carbocycles. The van der Waals surface area contributed by atoms with E-state index in [0.717, 1.165) is 43.4 Å². The zero-order chi connectivity index (χ0) is 14.1. The lowest BCUT2D eigenvalue weighted by atomic mass is 10.2. The highest BCUT2D eigenvalue weighted by atomic mass is 32.2. The summed E-state index contributed by atoms with van der Waals surface area (Å²) in [6, 6.07) is 0. The SMILES string of the molecule is CCCCCC[S+]([O-])c1nnc(C(=O)NCCC)s1. The molecule has 19 heavy (non-hydrogen) atoms. The molecule has 1 heterocycles. The average molecular weight is 303 g/mol. The van der Waals surface area contributed by atoms with Crippen LogP contribution in [0.15, 0.2) is 4.34 Å². The van der Waals surface area contributed by atoms with Gasteiger partial charge < -0.3 is 9.87 Å². The van der Waals surface area contributed by atoms with Crippen LogP contribution < -0.4 is 5.32 Å². The molecule has 1 amide bonds. The number of aromatic nitrogens is 2. The number of nitrogens with zero attached hydrogens (tertiary/aromatic N) is 2. The Morgan fingerprint density at radius 1 is 1.26 bits per heavy atom. The molecule has 0 aliphatic carbocycles. The van der Waals surface area contributed by atoms with Crippen molar-refractivity contribution < 1.29 is 9.35 Å². The van der Waals surface area contributed by atoms with Crippen LogP contribution >= 0.6 is 11.3 Å². The largest absolute Gasteiger partial charge is 0.610 e. The maximum atomic E-state index is 11.9. The number of carbonyl (C=O) groups excluding carboxylic acids is 1. The molecule has 0 saturated heterocycles. The van der Waals surface area contributed by atoms with Crippen molar-refractivity contribution in [1.82, 2.24) is 15.5 Å². The zero-order valence-corrected chi connectivity index (χ0v) is 13.1. The molecule has 0 bridgehead atoms. The van der Waals surface area contributed by atoms with Gasteiger partial charge in [-0.05, 0) is 30.6 Å². The van der Waals surface area contributed by atoms with Crippen molar-refractivity contribution in [2.24, 2.45) is 0 Å². The van der Waals surface area contributed by atoms with E-state index in [2.05, 4.69) is 22.4 Å². The molecular formula is C12H21N3O2S2. The quantitative estimate of drug-likeness (QED) is 0.561. The summed E-state index contributed by atoms with van der Waals surface area (Å²) < 4.78 is 12.4. The maximum Gasteiger partial charge on any atom is 0.322 e. The molecule has 108 valence electrons. The second-order valence-electron chi connectivity index (χ2n) is 4.24. The highest BCUT2D eigenvalue weighted by molar-refractivity contribution is 7.93. The van der Waals surface area contributed by atoms with Crippen molar-refractivity contribution in [3.63, 3.8) is 0 Å². The third-order valence-electron chi connectivity index (χ3n) is 2.51. The van der Waals surface area contributed by atoms with E-state index in [0.29, 0.717) is 21.6 Å². The lowest BCUT2D eigenvalue weighted by molar-refractivity contribution is 0.0952. The van der Waals surface area contributed by atoms with Crippen molar-refractivity contribution in [2.45, 2.75) is 50.3 Å². The van der Waals surface area contributed by atoms with Gasteiger partial charge in [0.15, 0.2) is 0 Å². The number of hydrogen-bond acceptors (Lipinski definition) is 5. The van der Waals surface area contributed by atoms with E-state index in [4.69, 9.17) is 0 Å². The van der Waals surface area contributed by atoms with Crippen LogP contribution in [0.1, 0.15) is 55.8 Å². The summed E-state index contributed by atoms with van der Waals surface area (Å²) in [5.41, 5.74) is 0. The van der Waals surface area contributed by atoms with E-state index in [1.54, 1.807) is 0 Å². The molecule has 0 aliphatic heterocycles. The predicted octanol–water partition coefficient (Wildman–Crippen LogP) is 2.37. The van der Waals surface area contributed by atoms with E-state index in [-0.39, 0.29) is 5.91 Å². The van der Waals surface area contributed by atoms with E-state index in [9.17, 15) is 9.35 Å². The van der Waals surface area contributed by atoms with Crippen molar-refractivity contribution in [1.29, 1.82) is 0 Å². The first kappa shape index (κ1) is 16.4. The molecule has 7 heteroatoms. The van der Waals surface area contributed by atoms with Gasteiger partial charge in [0.25, 0.3) is 5.91 Å². The first-order valence-electron chi connectivity index (χ1n) is 6.69. The average Bonchev–Trinajstić information content (AvgIpc) is 2.90. The molecule has 0 aliphatic rings. The van der Waals surface area contributed by atoms with E-state index < -0.39 is 11.2 Å². The fourth-order valence-corrected chi connectivity index (χ4v) is 3.58. The number of carbonyl (C=O) groups is 1. The summed E-state index contributed by atoms with van der Waals surface area (Å²) >= 11 is 0.00550. The summed E-state index contributed by atoms with van der Waals surface area (Å²) in [4.78, 5) is 11.6. The van der Waals surface area contributed by atoms with Gasteiger partial charge in [0.05, 0.1) is 0 Å². The standard InChI is InChI=1S/C12H21N3O2S2/c1-3-5-6-7-9-19(17)12-15-14-11(18-12)10(16)13-8-4-2/h3-9H2,1-2H3,(H,13,16). The van der Waals surface area contributed by atoms with Crippen LogP contribution in [0, 0.1) is 0 Å². The van der Waals surface area contributed by atoms with Crippen LogP contribution in [-0.4, -0.2) is 33.0 Å². The molecule has 5 nitrogen and oxygen atoms in total. The van der Waals surface area contributed by atoms with Gasteiger partial charge in [-0.25, -0.2) is 0 Å². The predicted molar refractivity (Wildman–Crippen MR) is 78.0 cm³/mol. The van der Waals surface area contributed by atoms with Gasteiger partial charge in [0, 0.05) is 17.7 Å². The molecule has 1 N–H and O–H groups in total.